The quantitative estimate of drug-likeness (QED) is 0.820. The highest BCUT2D eigenvalue weighted by atomic mass is 16.3. The number of benzene rings is 2. The lowest BCUT2D eigenvalue weighted by Crippen LogP contribution is -2.53. The molecule has 0 saturated heterocycles. The van der Waals surface area contributed by atoms with Gasteiger partial charge in [-0.1, -0.05) is 55.5 Å². The van der Waals surface area contributed by atoms with E-state index in [9.17, 15) is 5.11 Å². The molecule has 0 heterocycles. The van der Waals surface area contributed by atoms with Gasteiger partial charge in [-0.3, -0.25) is 0 Å². The van der Waals surface area contributed by atoms with Crippen molar-refractivity contribution in [1.29, 1.82) is 0 Å². The predicted octanol–water partition coefficient (Wildman–Crippen LogP) is 2.62. The van der Waals surface area contributed by atoms with E-state index in [1.807, 2.05) is 36.4 Å². The molecule has 0 fully saturated rings. The third kappa shape index (κ3) is 3.63. The van der Waals surface area contributed by atoms with Crippen molar-refractivity contribution in [2.24, 2.45) is 0 Å². The number of aliphatic hydroxyl groups is 1. The average molecular weight is 284 g/mol. The van der Waals surface area contributed by atoms with Crippen LogP contribution in [0.25, 0.3) is 0 Å². The van der Waals surface area contributed by atoms with E-state index in [0.29, 0.717) is 6.54 Å². The van der Waals surface area contributed by atoms with Gasteiger partial charge in [-0.05, 0) is 24.2 Å². The van der Waals surface area contributed by atoms with Gasteiger partial charge in [-0.15, -0.1) is 0 Å². The summed E-state index contributed by atoms with van der Waals surface area (Å²) in [7, 11) is 2.06. The standard InChI is InChI=1S/C18H24N2O/c1-3-19-18(15-21,16-10-6-4-7-11-16)14-20(2)17-12-8-5-9-13-17/h4-13,19,21H,3,14-15H2,1-2H3. The summed E-state index contributed by atoms with van der Waals surface area (Å²) in [4.78, 5) is 2.17. The van der Waals surface area contributed by atoms with Crippen LogP contribution in [0.15, 0.2) is 60.7 Å². The molecule has 0 bridgehead atoms. The van der Waals surface area contributed by atoms with Crippen LogP contribution in [0.3, 0.4) is 0 Å². The van der Waals surface area contributed by atoms with Crippen LogP contribution in [0.4, 0.5) is 5.69 Å². The number of aliphatic hydroxyl groups excluding tert-OH is 1. The van der Waals surface area contributed by atoms with Crippen molar-refractivity contribution in [1.82, 2.24) is 5.32 Å². The summed E-state index contributed by atoms with van der Waals surface area (Å²) in [6, 6.07) is 20.4. The second-order valence-electron chi connectivity index (χ2n) is 5.33. The Labute approximate surface area is 127 Å². The van der Waals surface area contributed by atoms with Crippen LogP contribution in [0, 0.1) is 0 Å². The Hall–Kier alpha value is -1.84. The van der Waals surface area contributed by atoms with Gasteiger partial charge in [0.2, 0.25) is 0 Å². The largest absolute Gasteiger partial charge is 0.394 e. The molecule has 0 amide bonds. The van der Waals surface area contributed by atoms with Gasteiger partial charge in [0.15, 0.2) is 0 Å². The molecule has 0 aliphatic carbocycles. The molecule has 0 aliphatic heterocycles. The van der Waals surface area contributed by atoms with E-state index in [1.54, 1.807) is 0 Å². The van der Waals surface area contributed by atoms with E-state index in [-0.39, 0.29) is 6.61 Å². The normalized spacial score (nSPS) is 13.7. The summed E-state index contributed by atoms with van der Waals surface area (Å²) >= 11 is 0. The molecule has 0 aromatic heterocycles. The number of hydrogen-bond donors (Lipinski definition) is 2. The van der Waals surface area contributed by atoms with Crippen molar-refractivity contribution in [3.05, 3.63) is 66.2 Å². The van der Waals surface area contributed by atoms with Gasteiger partial charge in [0.05, 0.1) is 12.1 Å². The molecule has 1 unspecified atom stereocenters. The van der Waals surface area contributed by atoms with E-state index >= 15 is 0 Å². The smallest absolute Gasteiger partial charge is 0.0846 e. The molecule has 3 heteroatoms. The van der Waals surface area contributed by atoms with Crippen LogP contribution >= 0.6 is 0 Å². The summed E-state index contributed by atoms with van der Waals surface area (Å²) in [5, 5.41) is 13.5. The van der Waals surface area contributed by atoms with Crippen molar-refractivity contribution in [2.45, 2.75) is 12.5 Å². The summed E-state index contributed by atoms with van der Waals surface area (Å²) in [5.74, 6) is 0. The van der Waals surface area contributed by atoms with Gasteiger partial charge in [-0.2, -0.15) is 0 Å². The van der Waals surface area contributed by atoms with E-state index in [0.717, 1.165) is 17.8 Å². The van der Waals surface area contributed by atoms with Gasteiger partial charge >= 0.3 is 0 Å². The monoisotopic (exact) mass is 284 g/mol. The lowest BCUT2D eigenvalue weighted by Gasteiger charge is -2.37. The van der Waals surface area contributed by atoms with E-state index in [1.165, 1.54) is 0 Å². The Kier molecular flexibility index (Phi) is 5.37. The Morgan fingerprint density at radius 2 is 1.57 bits per heavy atom. The first-order valence-corrected chi connectivity index (χ1v) is 7.39. The molecule has 0 radical (unpaired) electrons. The van der Waals surface area contributed by atoms with Gasteiger partial charge < -0.3 is 15.3 Å². The van der Waals surface area contributed by atoms with Gasteiger partial charge in [-0.25, -0.2) is 0 Å². The molecule has 0 aliphatic rings. The number of para-hydroxylation sites is 1. The number of hydrogen-bond acceptors (Lipinski definition) is 3. The molecule has 2 N–H and O–H groups in total. The fourth-order valence-corrected chi connectivity index (χ4v) is 2.72. The van der Waals surface area contributed by atoms with Gasteiger partial charge in [0.25, 0.3) is 0 Å². The minimum atomic E-state index is -0.458. The highest BCUT2D eigenvalue weighted by Gasteiger charge is 2.32. The topological polar surface area (TPSA) is 35.5 Å². The first-order valence-electron chi connectivity index (χ1n) is 7.39. The first-order chi connectivity index (χ1) is 10.2. The molecule has 2 aromatic carbocycles. The van der Waals surface area contributed by atoms with Crippen LogP contribution in [0.5, 0.6) is 0 Å². The average Bonchev–Trinajstić information content (AvgIpc) is 2.56. The molecular formula is C18H24N2O. The van der Waals surface area contributed by atoms with E-state index in [4.69, 9.17) is 0 Å². The highest BCUT2D eigenvalue weighted by Crippen LogP contribution is 2.24. The number of nitrogens with zero attached hydrogens (tertiary/aromatic N) is 1. The minimum Gasteiger partial charge on any atom is -0.394 e. The maximum Gasteiger partial charge on any atom is 0.0846 e. The molecule has 21 heavy (non-hydrogen) atoms. The highest BCUT2D eigenvalue weighted by molar-refractivity contribution is 5.46. The van der Waals surface area contributed by atoms with Crippen LogP contribution < -0.4 is 10.2 Å². The van der Waals surface area contributed by atoms with Crippen molar-refractivity contribution < 1.29 is 5.11 Å². The Bertz CT molecular complexity index is 529. The summed E-state index contributed by atoms with van der Waals surface area (Å²) in [6.45, 7) is 3.63. The Morgan fingerprint density at radius 3 is 2.10 bits per heavy atom. The maximum absolute atomic E-state index is 10.1. The lowest BCUT2D eigenvalue weighted by molar-refractivity contribution is 0.166. The second-order valence-corrected chi connectivity index (χ2v) is 5.33. The molecule has 2 rings (SSSR count). The third-order valence-electron chi connectivity index (χ3n) is 3.82. The van der Waals surface area contributed by atoms with Crippen LogP contribution in [-0.4, -0.2) is 31.9 Å². The Morgan fingerprint density at radius 1 is 1.00 bits per heavy atom. The number of nitrogens with one attached hydrogen (secondary N) is 1. The predicted molar refractivity (Wildman–Crippen MR) is 88.6 cm³/mol. The first kappa shape index (κ1) is 15.5. The van der Waals surface area contributed by atoms with Crippen LogP contribution in [-0.2, 0) is 5.54 Å². The lowest BCUT2D eigenvalue weighted by atomic mass is 9.89. The fourth-order valence-electron chi connectivity index (χ4n) is 2.72. The van der Waals surface area contributed by atoms with Crippen molar-refractivity contribution in [3.8, 4) is 0 Å². The van der Waals surface area contributed by atoms with Crippen LogP contribution in [0.1, 0.15) is 12.5 Å². The summed E-state index contributed by atoms with van der Waals surface area (Å²) in [5.41, 5.74) is 1.79. The van der Waals surface area contributed by atoms with E-state index in [2.05, 4.69) is 48.5 Å². The number of anilines is 1. The van der Waals surface area contributed by atoms with Crippen molar-refractivity contribution >= 4 is 5.69 Å². The molecular weight excluding hydrogens is 260 g/mol. The molecule has 2 aromatic rings. The second kappa shape index (κ2) is 7.25. The third-order valence-corrected chi connectivity index (χ3v) is 3.82. The van der Waals surface area contributed by atoms with Gasteiger partial charge in [0, 0.05) is 19.3 Å². The van der Waals surface area contributed by atoms with Gasteiger partial charge in [0.1, 0.15) is 0 Å². The number of likely N-dealkylation sites (N-methyl/N-ethyl adjacent to an activating group) is 2. The SMILES string of the molecule is CCNC(CO)(CN(C)c1ccccc1)c1ccccc1. The van der Waals surface area contributed by atoms with Crippen molar-refractivity contribution in [2.75, 3.05) is 31.6 Å². The molecule has 112 valence electrons. The van der Waals surface area contributed by atoms with Crippen LogP contribution in [0.2, 0.25) is 0 Å². The Balaban J connectivity index is 2.28. The fraction of sp³-hybridized carbons (Fsp3) is 0.333. The van der Waals surface area contributed by atoms with E-state index < -0.39 is 5.54 Å². The molecule has 3 nitrogen and oxygen atoms in total. The minimum absolute atomic E-state index is 0.0576. The zero-order valence-corrected chi connectivity index (χ0v) is 12.8. The summed E-state index contributed by atoms with van der Waals surface area (Å²) < 4.78 is 0. The molecule has 0 spiro atoms. The maximum atomic E-state index is 10.1. The van der Waals surface area contributed by atoms with Crippen molar-refractivity contribution in [3.63, 3.8) is 0 Å². The zero-order chi connectivity index (χ0) is 15.1. The summed E-state index contributed by atoms with van der Waals surface area (Å²) in [6.07, 6.45) is 0. The zero-order valence-electron chi connectivity index (χ0n) is 12.8. The number of rotatable bonds is 7. The molecule has 1 atom stereocenters. The molecule has 0 saturated carbocycles.